The number of nitrogens with zero attached hydrogens (tertiary/aromatic N) is 2. The summed E-state index contributed by atoms with van der Waals surface area (Å²) in [6.07, 6.45) is 3.80. The molecule has 0 atom stereocenters. The summed E-state index contributed by atoms with van der Waals surface area (Å²) in [6, 6.07) is 25.4. The Morgan fingerprint density at radius 1 is 0.931 bits per heavy atom. The second-order valence-corrected chi connectivity index (χ2v) is 7.47. The molecule has 0 saturated carbocycles. The van der Waals surface area contributed by atoms with Gasteiger partial charge >= 0.3 is 6.02 Å². The highest BCUT2D eigenvalue weighted by Crippen LogP contribution is 2.27. The lowest BCUT2D eigenvalue weighted by molar-refractivity contribution is -0.113. The first-order valence-electron chi connectivity index (χ1n) is 9.22. The quantitative estimate of drug-likeness (QED) is 0.427. The maximum absolute atomic E-state index is 13.2. The van der Waals surface area contributed by atoms with Crippen molar-refractivity contribution in [1.82, 2.24) is 0 Å². The SMILES string of the molecule is CSc1ccc(OC2=N/C(=C\c3ccccc3)C(=O)N2c2ccc(C)cc2)cc1. The van der Waals surface area contributed by atoms with Gasteiger partial charge in [0.1, 0.15) is 11.4 Å². The first-order valence-corrected chi connectivity index (χ1v) is 10.4. The molecular formula is C24H20N2O2S. The first kappa shape index (κ1) is 19.0. The molecule has 5 heteroatoms. The van der Waals surface area contributed by atoms with Crippen LogP contribution in [-0.2, 0) is 4.79 Å². The molecule has 1 aliphatic heterocycles. The zero-order valence-electron chi connectivity index (χ0n) is 16.2. The zero-order chi connectivity index (χ0) is 20.2. The van der Waals surface area contributed by atoms with Gasteiger partial charge in [0, 0.05) is 4.90 Å². The van der Waals surface area contributed by atoms with Gasteiger partial charge in [0.2, 0.25) is 0 Å². The van der Waals surface area contributed by atoms with Crippen molar-refractivity contribution < 1.29 is 9.53 Å². The molecule has 144 valence electrons. The molecule has 1 amide bonds. The molecule has 3 aromatic rings. The van der Waals surface area contributed by atoms with Crippen LogP contribution >= 0.6 is 11.8 Å². The zero-order valence-corrected chi connectivity index (χ0v) is 17.0. The Morgan fingerprint density at radius 3 is 2.28 bits per heavy atom. The molecule has 0 saturated heterocycles. The minimum Gasteiger partial charge on any atom is -0.425 e. The highest BCUT2D eigenvalue weighted by atomic mass is 32.2. The molecule has 4 nitrogen and oxygen atoms in total. The summed E-state index contributed by atoms with van der Waals surface area (Å²) in [5.41, 5.74) is 3.09. The van der Waals surface area contributed by atoms with Gasteiger partial charge in [-0.25, -0.2) is 4.90 Å². The fourth-order valence-electron chi connectivity index (χ4n) is 2.94. The van der Waals surface area contributed by atoms with E-state index >= 15 is 0 Å². The Labute approximate surface area is 174 Å². The highest BCUT2D eigenvalue weighted by Gasteiger charge is 2.33. The number of amides is 1. The number of hydrogen-bond acceptors (Lipinski definition) is 4. The van der Waals surface area contributed by atoms with Gasteiger partial charge in [0.05, 0.1) is 5.69 Å². The van der Waals surface area contributed by atoms with Crippen molar-refractivity contribution in [3.8, 4) is 5.75 Å². The molecule has 0 fully saturated rings. The number of anilines is 1. The van der Waals surface area contributed by atoms with E-state index < -0.39 is 0 Å². The lowest BCUT2D eigenvalue weighted by Crippen LogP contribution is -2.35. The third-order valence-electron chi connectivity index (χ3n) is 4.49. The monoisotopic (exact) mass is 400 g/mol. The van der Waals surface area contributed by atoms with Crippen LogP contribution in [0.5, 0.6) is 5.75 Å². The van der Waals surface area contributed by atoms with E-state index in [0.29, 0.717) is 11.4 Å². The van der Waals surface area contributed by atoms with Crippen molar-refractivity contribution in [1.29, 1.82) is 0 Å². The molecule has 0 radical (unpaired) electrons. The van der Waals surface area contributed by atoms with Gasteiger partial charge in [-0.3, -0.25) is 4.79 Å². The van der Waals surface area contributed by atoms with Gasteiger partial charge in [-0.2, -0.15) is 4.99 Å². The largest absolute Gasteiger partial charge is 0.425 e. The second kappa shape index (κ2) is 8.37. The lowest BCUT2D eigenvalue weighted by atomic mass is 10.2. The van der Waals surface area contributed by atoms with Crippen LogP contribution in [0.3, 0.4) is 0 Å². The number of aliphatic imine (C=N–C) groups is 1. The minimum atomic E-state index is -0.214. The van der Waals surface area contributed by atoms with Crippen LogP contribution in [0.15, 0.2) is 94.4 Å². The van der Waals surface area contributed by atoms with E-state index in [2.05, 4.69) is 4.99 Å². The van der Waals surface area contributed by atoms with E-state index in [9.17, 15) is 4.79 Å². The predicted octanol–water partition coefficient (Wildman–Crippen LogP) is 5.54. The third-order valence-corrected chi connectivity index (χ3v) is 5.24. The van der Waals surface area contributed by atoms with Crippen LogP contribution in [-0.4, -0.2) is 18.2 Å². The number of ether oxygens (including phenoxy) is 1. The Kier molecular flexibility index (Phi) is 5.49. The lowest BCUT2D eigenvalue weighted by Gasteiger charge is -2.18. The minimum absolute atomic E-state index is 0.214. The van der Waals surface area contributed by atoms with E-state index in [1.807, 2.05) is 92.0 Å². The summed E-state index contributed by atoms with van der Waals surface area (Å²) in [6.45, 7) is 2.01. The van der Waals surface area contributed by atoms with Gasteiger partial charge in [-0.05, 0) is 61.2 Å². The predicted molar refractivity (Wildman–Crippen MR) is 119 cm³/mol. The molecule has 1 aliphatic rings. The van der Waals surface area contributed by atoms with Crippen LogP contribution in [0.4, 0.5) is 5.69 Å². The van der Waals surface area contributed by atoms with Crippen molar-refractivity contribution in [2.45, 2.75) is 11.8 Å². The molecule has 3 aromatic carbocycles. The van der Waals surface area contributed by atoms with Gasteiger partial charge in [0.25, 0.3) is 5.91 Å². The van der Waals surface area contributed by atoms with Crippen LogP contribution in [0.2, 0.25) is 0 Å². The number of rotatable bonds is 4. The average molecular weight is 401 g/mol. The smallest absolute Gasteiger partial charge is 0.310 e. The summed E-state index contributed by atoms with van der Waals surface area (Å²) < 4.78 is 6.02. The third kappa shape index (κ3) is 4.25. The molecule has 0 N–H and O–H groups in total. The van der Waals surface area contributed by atoms with Gasteiger partial charge in [-0.15, -0.1) is 11.8 Å². The van der Waals surface area contributed by atoms with Crippen molar-refractivity contribution >= 4 is 35.5 Å². The number of carbonyl (C=O) groups is 1. The molecule has 0 spiro atoms. The standard InChI is InChI=1S/C24H20N2O2S/c1-17-8-10-19(11-9-17)26-23(27)22(16-18-6-4-3-5-7-18)25-24(26)28-20-12-14-21(29-2)15-13-20/h3-16H,1-2H3/b22-16-. The van der Waals surface area contributed by atoms with Gasteiger partial charge in [-0.1, -0.05) is 48.0 Å². The normalized spacial score (nSPS) is 15.0. The van der Waals surface area contributed by atoms with Crippen LogP contribution in [0.25, 0.3) is 6.08 Å². The van der Waals surface area contributed by atoms with E-state index in [-0.39, 0.29) is 11.9 Å². The van der Waals surface area contributed by atoms with Crippen LogP contribution < -0.4 is 9.64 Å². The number of amidine groups is 1. The molecule has 0 aromatic heterocycles. The summed E-state index contributed by atoms with van der Waals surface area (Å²) in [7, 11) is 0. The second-order valence-electron chi connectivity index (χ2n) is 6.59. The average Bonchev–Trinajstić information content (AvgIpc) is 3.05. The van der Waals surface area contributed by atoms with Gasteiger partial charge in [0.15, 0.2) is 0 Å². The molecule has 0 bridgehead atoms. The Balaban J connectivity index is 1.71. The van der Waals surface area contributed by atoms with E-state index in [4.69, 9.17) is 4.74 Å². The van der Waals surface area contributed by atoms with Gasteiger partial charge < -0.3 is 4.74 Å². The van der Waals surface area contributed by atoms with E-state index in [1.165, 1.54) is 4.90 Å². The summed E-state index contributed by atoms with van der Waals surface area (Å²) >= 11 is 1.66. The summed E-state index contributed by atoms with van der Waals surface area (Å²) in [5.74, 6) is 0.417. The molecule has 0 unspecified atom stereocenters. The van der Waals surface area contributed by atoms with Crippen molar-refractivity contribution in [3.05, 3.63) is 95.7 Å². The summed E-state index contributed by atoms with van der Waals surface area (Å²) in [4.78, 5) is 20.3. The highest BCUT2D eigenvalue weighted by molar-refractivity contribution is 7.98. The maximum Gasteiger partial charge on any atom is 0.310 e. The fourth-order valence-corrected chi connectivity index (χ4v) is 3.35. The van der Waals surface area contributed by atoms with Crippen LogP contribution in [0.1, 0.15) is 11.1 Å². The number of benzene rings is 3. The first-order chi connectivity index (χ1) is 14.1. The van der Waals surface area contributed by atoms with E-state index in [1.54, 1.807) is 17.8 Å². The topological polar surface area (TPSA) is 41.9 Å². The van der Waals surface area contributed by atoms with Crippen LogP contribution in [0, 0.1) is 6.92 Å². The Morgan fingerprint density at radius 2 is 1.62 bits per heavy atom. The molecule has 0 aliphatic carbocycles. The number of carbonyl (C=O) groups excluding carboxylic acids is 1. The van der Waals surface area contributed by atoms with E-state index in [0.717, 1.165) is 21.7 Å². The molecule has 29 heavy (non-hydrogen) atoms. The van der Waals surface area contributed by atoms with Crippen molar-refractivity contribution in [2.24, 2.45) is 4.99 Å². The fraction of sp³-hybridized carbons (Fsp3) is 0.0833. The van der Waals surface area contributed by atoms with Crippen molar-refractivity contribution in [3.63, 3.8) is 0 Å². The molecular weight excluding hydrogens is 380 g/mol. The number of hydrogen-bond donors (Lipinski definition) is 0. The Hall–Kier alpha value is -3.31. The van der Waals surface area contributed by atoms with Crippen molar-refractivity contribution in [2.75, 3.05) is 11.2 Å². The number of thioether (sulfide) groups is 1. The molecule has 1 heterocycles. The number of aryl methyl sites for hydroxylation is 1. The Bertz CT molecular complexity index is 1070. The summed E-state index contributed by atoms with van der Waals surface area (Å²) in [5, 5.41) is 0. The maximum atomic E-state index is 13.2. The molecule has 4 rings (SSSR count).